The molecule has 1 amide bonds. The summed E-state index contributed by atoms with van der Waals surface area (Å²) < 4.78 is 2.05. The first-order chi connectivity index (χ1) is 8.62. The third-order valence-corrected chi connectivity index (χ3v) is 3.84. The van der Waals surface area contributed by atoms with Gasteiger partial charge in [0.15, 0.2) is 5.78 Å². The summed E-state index contributed by atoms with van der Waals surface area (Å²) in [6, 6.07) is 1.87. The highest BCUT2D eigenvalue weighted by atomic mass is 16.1. The third kappa shape index (κ3) is 2.57. The predicted octanol–water partition coefficient (Wildman–Crippen LogP) is 2.25. The Morgan fingerprint density at radius 2 is 2.05 bits per heavy atom. The number of aromatic nitrogens is 1. The molecule has 4 nitrogen and oxygen atoms in total. The minimum Gasteiger partial charge on any atom is -0.370 e. The molecule has 0 fully saturated rings. The number of amides is 1. The monoisotopic (exact) mass is 262 g/mol. The van der Waals surface area contributed by atoms with Crippen molar-refractivity contribution in [3.8, 4) is 0 Å². The van der Waals surface area contributed by atoms with Gasteiger partial charge in [-0.1, -0.05) is 13.8 Å². The van der Waals surface area contributed by atoms with Crippen molar-refractivity contribution in [2.24, 2.45) is 11.1 Å². The van der Waals surface area contributed by atoms with Gasteiger partial charge in [-0.25, -0.2) is 0 Å². The van der Waals surface area contributed by atoms with E-state index in [-0.39, 0.29) is 23.5 Å². The lowest BCUT2D eigenvalue weighted by Gasteiger charge is -2.34. The number of hydrogen-bond donors (Lipinski definition) is 1. The lowest BCUT2D eigenvalue weighted by molar-refractivity contribution is -0.119. The molecule has 0 aromatic carbocycles. The Morgan fingerprint density at radius 1 is 1.42 bits per heavy atom. The van der Waals surface area contributed by atoms with Crippen LogP contribution in [0.15, 0.2) is 12.3 Å². The Labute approximate surface area is 114 Å². The average Bonchev–Trinajstić information content (AvgIpc) is 2.57. The molecule has 0 radical (unpaired) electrons. The Bertz CT molecular complexity index is 538. The van der Waals surface area contributed by atoms with E-state index in [4.69, 9.17) is 5.73 Å². The van der Waals surface area contributed by atoms with Crippen molar-refractivity contribution in [3.63, 3.8) is 0 Å². The van der Waals surface area contributed by atoms with E-state index in [1.807, 2.05) is 30.7 Å². The van der Waals surface area contributed by atoms with Gasteiger partial charge in [-0.3, -0.25) is 9.59 Å². The van der Waals surface area contributed by atoms with E-state index in [9.17, 15) is 9.59 Å². The zero-order valence-corrected chi connectivity index (χ0v) is 12.1. The van der Waals surface area contributed by atoms with Gasteiger partial charge in [-0.15, -0.1) is 0 Å². The topological polar surface area (TPSA) is 65.1 Å². The molecule has 1 aliphatic rings. The minimum atomic E-state index is -0.396. The summed E-state index contributed by atoms with van der Waals surface area (Å²) in [5.74, 6) is -0.131. The maximum Gasteiger partial charge on any atom is 0.219 e. The number of primary amides is 1. The van der Waals surface area contributed by atoms with Crippen LogP contribution in [0, 0.1) is 5.41 Å². The number of rotatable bonds is 3. The second-order valence-corrected chi connectivity index (χ2v) is 6.94. The van der Waals surface area contributed by atoms with Crippen LogP contribution in [0.1, 0.15) is 56.6 Å². The molecule has 4 heteroatoms. The van der Waals surface area contributed by atoms with E-state index in [0.29, 0.717) is 6.42 Å². The molecule has 104 valence electrons. The molecule has 1 aromatic heterocycles. The molecule has 0 atom stereocenters. The number of fused-ring (bicyclic) bond motifs is 1. The van der Waals surface area contributed by atoms with Crippen molar-refractivity contribution in [2.45, 2.75) is 52.5 Å². The zero-order chi connectivity index (χ0) is 14.4. The van der Waals surface area contributed by atoms with Crippen molar-refractivity contribution in [3.05, 3.63) is 23.5 Å². The smallest absolute Gasteiger partial charge is 0.219 e. The van der Waals surface area contributed by atoms with Gasteiger partial charge in [0, 0.05) is 35.8 Å². The van der Waals surface area contributed by atoms with Gasteiger partial charge in [0.2, 0.25) is 5.91 Å². The number of ketones is 1. The number of Topliss-reactive ketones (excluding diaryl/α,β-unsaturated/α-hetero) is 1. The summed E-state index contributed by atoms with van der Waals surface area (Å²) in [6.07, 6.45) is 3.61. The van der Waals surface area contributed by atoms with Gasteiger partial charge in [-0.2, -0.15) is 0 Å². The second kappa shape index (κ2) is 4.22. The van der Waals surface area contributed by atoms with Crippen molar-refractivity contribution in [1.82, 2.24) is 4.57 Å². The number of hydrogen-bond acceptors (Lipinski definition) is 2. The van der Waals surface area contributed by atoms with Gasteiger partial charge in [-0.05, 0) is 31.7 Å². The molecule has 2 rings (SSSR count). The summed E-state index contributed by atoms with van der Waals surface area (Å²) in [4.78, 5) is 23.4. The van der Waals surface area contributed by atoms with Gasteiger partial charge >= 0.3 is 0 Å². The second-order valence-electron chi connectivity index (χ2n) is 6.94. The summed E-state index contributed by atoms with van der Waals surface area (Å²) in [5.41, 5.74) is 6.74. The fourth-order valence-electron chi connectivity index (χ4n) is 3.02. The van der Waals surface area contributed by atoms with E-state index in [1.165, 1.54) is 0 Å². The summed E-state index contributed by atoms with van der Waals surface area (Å²) in [5, 5.41) is 0. The standard InChI is InChI=1S/C15H22N2O2/c1-14(2)7-11-10(12(18)8-14)5-6-17(11)15(3,4)9-13(16)19/h5-6H,7-9H2,1-4H3,(H2,16,19). The number of carbonyl (C=O) groups is 2. The molecule has 1 heterocycles. The van der Waals surface area contributed by atoms with Gasteiger partial charge in [0.05, 0.1) is 0 Å². The normalized spacial score (nSPS) is 18.2. The van der Waals surface area contributed by atoms with Crippen LogP contribution in [0.2, 0.25) is 0 Å². The lowest BCUT2D eigenvalue weighted by Crippen LogP contribution is -2.36. The fourth-order valence-corrected chi connectivity index (χ4v) is 3.02. The fraction of sp³-hybridized carbons (Fsp3) is 0.600. The van der Waals surface area contributed by atoms with Gasteiger partial charge < -0.3 is 10.3 Å². The van der Waals surface area contributed by atoms with E-state index in [0.717, 1.165) is 17.7 Å². The largest absolute Gasteiger partial charge is 0.370 e. The maximum absolute atomic E-state index is 12.2. The van der Waals surface area contributed by atoms with Gasteiger partial charge in [0.1, 0.15) is 0 Å². The van der Waals surface area contributed by atoms with E-state index in [2.05, 4.69) is 13.8 Å². The maximum atomic E-state index is 12.2. The summed E-state index contributed by atoms with van der Waals surface area (Å²) in [6.45, 7) is 8.16. The molecule has 1 aliphatic carbocycles. The molecule has 1 aromatic rings. The molecule has 0 aliphatic heterocycles. The number of nitrogens with zero attached hydrogens (tertiary/aromatic N) is 1. The lowest BCUT2D eigenvalue weighted by atomic mass is 9.76. The molecular formula is C15H22N2O2. The Balaban J connectivity index is 2.46. The predicted molar refractivity (Wildman–Crippen MR) is 74.0 cm³/mol. The van der Waals surface area contributed by atoms with Crippen LogP contribution in [0.4, 0.5) is 0 Å². The first-order valence-corrected chi connectivity index (χ1v) is 6.65. The summed E-state index contributed by atoms with van der Waals surface area (Å²) in [7, 11) is 0. The van der Waals surface area contributed by atoms with E-state index >= 15 is 0 Å². The zero-order valence-electron chi connectivity index (χ0n) is 12.1. The van der Waals surface area contributed by atoms with Crippen molar-refractivity contribution in [2.75, 3.05) is 0 Å². The Morgan fingerprint density at radius 3 is 2.63 bits per heavy atom. The Kier molecular flexibility index (Phi) is 3.07. The molecule has 2 N–H and O–H groups in total. The highest BCUT2D eigenvalue weighted by Gasteiger charge is 2.36. The quantitative estimate of drug-likeness (QED) is 0.908. The first kappa shape index (κ1) is 13.8. The third-order valence-electron chi connectivity index (χ3n) is 3.84. The number of nitrogens with two attached hydrogens (primary N) is 1. The van der Waals surface area contributed by atoms with Crippen molar-refractivity contribution >= 4 is 11.7 Å². The molecule has 0 saturated heterocycles. The van der Waals surface area contributed by atoms with Crippen molar-refractivity contribution < 1.29 is 9.59 Å². The van der Waals surface area contributed by atoms with Crippen LogP contribution in [0.25, 0.3) is 0 Å². The Hall–Kier alpha value is -1.58. The first-order valence-electron chi connectivity index (χ1n) is 6.65. The molecule has 0 unspecified atom stereocenters. The SMILES string of the molecule is CC1(C)CC(=O)c2ccn(C(C)(C)CC(N)=O)c2C1. The molecule has 0 bridgehead atoms. The highest BCUT2D eigenvalue weighted by Crippen LogP contribution is 2.37. The molecule has 0 spiro atoms. The van der Waals surface area contributed by atoms with Crippen LogP contribution >= 0.6 is 0 Å². The molecule has 0 saturated carbocycles. The van der Waals surface area contributed by atoms with Crippen LogP contribution in [0.3, 0.4) is 0 Å². The van der Waals surface area contributed by atoms with Crippen LogP contribution < -0.4 is 5.73 Å². The van der Waals surface area contributed by atoms with Crippen LogP contribution in [0.5, 0.6) is 0 Å². The minimum absolute atomic E-state index is 0.0248. The number of carbonyl (C=O) groups excluding carboxylic acids is 2. The highest BCUT2D eigenvalue weighted by molar-refractivity contribution is 5.98. The molecule has 19 heavy (non-hydrogen) atoms. The summed E-state index contributed by atoms with van der Waals surface area (Å²) >= 11 is 0. The van der Waals surface area contributed by atoms with Crippen LogP contribution in [-0.4, -0.2) is 16.3 Å². The van der Waals surface area contributed by atoms with E-state index in [1.54, 1.807) is 0 Å². The molecular weight excluding hydrogens is 240 g/mol. The van der Waals surface area contributed by atoms with Crippen molar-refractivity contribution in [1.29, 1.82) is 0 Å². The van der Waals surface area contributed by atoms with Gasteiger partial charge in [0.25, 0.3) is 0 Å². The van der Waals surface area contributed by atoms with Crippen LogP contribution in [-0.2, 0) is 16.8 Å². The average molecular weight is 262 g/mol. The van der Waals surface area contributed by atoms with E-state index < -0.39 is 5.54 Å².